The van der Waals surface area contributed by atoms with E-state index in [2.05, 4.69) is 4.72 Å². The van der Waals surface area contributed by atoms with Crippen LogP contribution in [0.2, 0.25) is 0 Å². The van der Waals surface area contributed by atoms with E-state index in [9.17, 15) is 8.42 Å². The lowest BCUT2D eigenvalue weighted by Gasteiger charge is -2.06. The maximum atomic E-state index is 11.9. The Morgan fingerprint density at radius 1 is 1.29 bits per heavy atom. The number of hydrogen-bond donors (Lipinski definition) is 1. The summed E-state index contributed by atoms with van der Waals surface area (Å²) < 4.78 is 31.3. The first-order valence-electron chi connectivity index (χ1n) is 5.15. The highest BCUT2D eigenvalue weighted by atomic mass is 32.2. The van der Waals surface area contributed by atoms with Crippen molar-refractivity contribution in [3.05, 3.63) is 54.0 Å². The van der Waals surface area contributed by atoms with Crippen molar-refractivity contribution in [1.29, 1.82) is 0 Å². The summed E-state index contributed by atoms with van der Waals surface area (Å²) in [6, 6.07) is 8.51. The van der Waals surface area contributed by atoms with Crippen molar-refractivity contribution in [2.75, 3.05) is 0 Å². The van der Waals surface area contributed by atoms with Crippen LogP contribution >= 0.6 is 0 Å². The van der Waals surface area contributed by atoms with Crippen LogP contribution in [0.4, 0.5) is 0 Å². The van der Waals surface area contributed by atoms with Gasteiger partial charge in [-0.2, -0.15) is 0 Å². The van der Waals surface area contributed by atoms with Gasteiger partial charge in [0.15, 0.2) is 0 Å². The molecule has 0 aliphatic heterocycles. The molecule has 0 unspecified atom stereocenters. The van der Waals surface area contributed by atoms with E-state index in [1.807, 2.05) is 13.0 Å². The molecule has 17 heavy (non-hydrogen) atoms. The molecule has 0 spiro atoms. The molecule has 1 aromatic carbocycles. The zero-order chi connectivity index (χ0) is 12.3. The van der Waals surface area contributed by atoms with Crippen molar-refractivity contribution in [1.82, 2.24) is 4.72 Å². The molecule has 0 aliphatic rings. The second kappa shape index (κ2) is 4.73. The second-order valence-electron chi connectivity index (χ2n) is 3.77. The maximum absolute atomic E-state index is 11.9. The summed E-state index contributed by atoms with van der Waals surface area (Å²) in [5.74, 6) is 0. The summed E-state index contributed by atoms with van der Waals surface area (Å²) in [6.45, 7) is 2.09. The molecule has 90 valence electrons. The van der Waals surface area contributed by atoms with Crippen LogP contribution in [0, 0.1) is 6.92 Å². The molecule has 0 aliphatic carbocycles. The average Bonchev–Trinajstić information content (AvgIpc) is 2.79. The van der Waals surface area contributed by atoms with Crippen LogP contribution in [0.1, 0.15) is 11.1 Å². The van der Waals surface area contributed by atoms with E-state index >= 15 is 0 Å². The molecule has 0 bridgehead atoms. The molecular weight excluding hydrogens is 238 g/mol. The third-order valence-electron chi connectivity index (χ3n) is 2.35. The van der Waals surface area contributed by atoms with E-state index in [1.54, 1.807) is 24.3 Å². The summed E-state index contributed by atoms with van der Waals surface area (Å²) in [5, 5.41) is 0. The van der Waals surface area contributed by atoms with E-state index in [1.165, 1.54) is 12.5 Å². The highest BCUT2D eigenvalue weighted by Crippen LogP contribution is 2.11. The second-order valence-corrected chi connectivity index (χ2v) is 5.54. The Kier molecular flexibility index (Phi) is 3.31. The quantitative estimate of drug-likeness (QED) is 0.905. The van der Waals surface area contributed by atoms with Gasteiger partial charge in [-0.25, -0.2) is 13.1 Å². The van der Waals surface area contributed by atoms with Crippen molar-refractivity contribution < 1.29 is 12.8 Å². The standard InChI is InChI=1S/C12H13NO3S/c1-10-3-2-4-12(7-10)17(14,15)13-8-11-5-6-16-9-11/h2-7,9,13H,8H2,1H3. The van der Waals surface area contributed by atoms with Gasteiger partial charge in [0.1, 0.15) is 0 Å². The van der Waals surface area contributed by atoms with Gasteiger partial charge in [-0.15, -0.1) is 0 Å². The van der Waals surface area contributed by atoms with E-state index in [0.29, 0.717) is 0 Å². The van der Waals surface area contributed by atoms with Crippen molar-refractivity contribution >= 4 is 10.0 Å². The maximum Gasteiger partial charge on any atom is 0.240 e. The Labute approximate surface area is 100 Å². The van der Waals surface area contributed by atoms with Crippen molar-refractivity contribution in [3.63, 3.8) is 0 Å². The molecule has 0 amide bonds. The number of hydrogen-bond acceptors (Lipinski definition) is 3. The number of furan rings is 1. The lowest BCUT2D eigenvalue weighted by atomic mass is 10.2. The van der Waals surface area contributed by atoms with Crippen LogP contribution in [-0.4, -0.2) is 8.42 Å². The molecule has 5 heteroatoms. The lowest BCUT2D eigenvalue weighted by Crippen LogP contribution is -2.23. The predicted octanol–water partition coefficient (Wildman–Crippen LogP) is 2.07. The van der Waals surface area contributed by atoms with Crippen molar-refractivity contribution in [2.45, 2.75) is 18.4 Å². The zero-order valence-corrected chi connectivity index (χ0v) is 10.2. The van der Waals surface area contributed by atoms with Gasteiger partial charge in [0.25, 0.3) is 0 Å². The minimum Gasteiger partial charge on any atom is -0.472 e. The molecule has 1 N–H and O–H groups in total. The Morgan fingerprint density at radius 3 is 2.76 bits per heavy atom. The Balaban J connectivity index is 2.14. The normalized spacial score (nSPS) is 11.6. The SMILES string of the molecule is Cc1cccc(S(=O)(=O)NCc2ccoc2)c1. The first kappa shape index (κ1) is 11.9. The Bertz CT molecular complexity index is 588. The van der Waals surface area contributed by atoms with Crippen LogP contribution in [0.25, 0.3) is 0 Å². The van der Waals surface area contributed by atoms with Crippen LogP contribution in [0.5, 0.6) is 0 Å². The fourth-order valence-electron chi connectivity index (χ4n) is 1.44. The van der Waals surface area contributed by atoms with Gasteiger partial charge in [0.2, 0.25) is 10.0 Å². The van der Waals surface area contributed by atoms with Crippen molar-refractivity contribution in [2.24, 2.45) is 0 Å². The smallest absolute Gasteiger partial charge is 0.240 e. The zero-order valence-electron chi connectivity index (χ0n) is 9.38. The fraction of sp³-hybridized carbons (Fsp3) is 0.167. The molecule has 0 fully saturated rings. The van der Waals surface area contributed by atoms with Crippen LogP contribution < -0.4 is 4.72 Å². The number of aryl methyl sites for hydroxylation is 1. The van der Waals surface area contributed by atoms with Crippen LogP contribution in [0.15, 0.2) is 52.2 Å². The van der Waals surface area contributed by atoms with Crippen LogP contribution in [0.3, 0.4) is 0 Å². The molecule has 0 saturated carbocycles. The summed E-state index contributed by atoms with van der Waals surface area (Å²) >= 11 is 0. The van der Waals surface area contributed by atoms with Crippen LogP contribution in [-0.2, 0) is 16.6 Å². The van der Waals surface area contributed by atoms with E-state index in [4.69, 9.17) is 4.42 Å². The molecule has 0 radical (unpaired) electrons. The first-order chi connectivity index (χ1) is 8.08. The van der Waals surface area contributed by atoms with Gasteiger partial charge in [0.05, 0.1) is 17.4 Å². The van der Waals surface area contributed by atoms with Gasteiger partial charge in [-0.1, -0.05) is 12.1 Å². The molecule has 1 aromatic heterocycles. The molecule has 4 nitrogen and oxygen atoms in total. The number of sulfonamides is 1. The third kappa shape index (κ3) is 2.95. The average molecular weight is 251 g/mol. The largest absolute Gasteiger partial charge is 0.472 e. The van der Waals surface area contributed by atoms with E-state index in [0.717, 1.165) is 11.1 Å². The molecule has 1 heterocycles. The van der Waals surface area contributed by atoms with E-state index < -0.39 is 10.0 Å². The molecule has 2 aromatic rings. The molecule has 2 rings (SSSR count). The van der Waals surface area contributed by atoms with Gasteiger partial charge >= 0.3 is 0 Å². The predicted molar refractivity (Wildman–Crippen MR) is 63.9 cm³/mol. The fourth-order valence-corrected chi connectivity index (χ4v) is 2.56. The molecular formula is C12H13NO3S. The van der Waals surface area contributed by atoms with Gasteiger partial charge in [0, 0.05) is 12.1 Å². The lowest BCUT2D eigenvalue weighted by molar-refractivity contribution is 0.561. The summed E-state index contributed by atoms with van der Waals surface area (Å²) in [7, 11) is -3.45. The highest BCUT2D eigenvalue weighted by molar-refractivity contribution is 7.89. The molecule has 0 atom stereocenters. The number of rotatable bonds is 4. The number of nitrogens with one attached hydrogen (secondary N) is 1. The van der Waals surface area contributed by atoms with E-state index in [-0.39, 0.29) is 11.4 Å². The topological polar surface area (TPSA) is 59.3 Å². The molecule has 0 saturated heterocycles. The van der Waals surface area contributed by atoms with Gasteiger partial charge in [-0.3, -0.25) is 0 Å². The first-order valence-corrected chi connectivity index (χ1v) is 6.64. The Hall–Kier alpha value is -1.59. The van der Waals surface area contributed by atoms with Gasteiger partial charge in [-0.05, 0) is 30.7 Å². The summed E-state index contributed by atoms with van der Waals surface area (Å²) in [5.41, 5.74) is 1.71. The Morgan fingerprint density at radius 2 is 2.12 bits per heavy atom. The highest BCUT2D eigenvalue weighted by Gasteiger charge is 2.13. The third-order valence-corrected chi connectivity index (χ3v) is 3.75. The minimum atomic E-state index is -3.45. The minimum absolute atomic E-state index is 0.229. The monoisotopic (exact) mass is 251 g/mol. The summed E-state index contributed by atoms with van der Waals surface area (Å²) in [4.78, 5) is 0.279. The number of benzene rings is 1. The van der Waals surface area contributed by atoms with Crippen molar-refractivity contribution in [3.8, 4) is 0 Å². The van der Waals surface area contributed by atoms with Gasteiger partial charge < -0.3 is 4.42 Å². The summed E-state index contributed by atoms with van der Waals surface area (Å²) in [6.07, 6.45) is 3.02.